The summed E-state index contributed by atoms with van der Waals surface area (Å²) >= 11 is 0. The molecule has 0 radical (unpaired) electrons. The predicted octanol–water partition coefficient (Wildman–Crippen LogP) is 4.40. The van der Waals surface area contributed by atoms with E-state index in [4.69, 9.17) is 0 Å². The maximum atomic E-state index is 13.8. The second-order valence-electron chi connectivity index (χ2n) is 8.81. The van der Waals surface area contributed by atoms with Crippen LogP contribution in [0.1, 0.15) is 61.9 Å². The smallest absolute Gasteiger partial charge is 0.350 e. The van der Waals surface area contributed by atoms with Crippen LogP contribution in [0.25, 0.3) is 5.57 Å². The van der Waals surface area contributed by atoms with Crippen molar-refractivity contribution in [3.8, 4) is 0 Å². The standard InChI is InChI=1S/C22H23F5N4O2/c1-10(2)28-19(32)15-11(3)31(20(33)12-6-7-13(23)14(24)8-12)9-21(4,5)17-16(15)18(30-29-17)22(25,26)27/h6-8,10H,9H2,1-5H3,(H,28,32)(H,29,30). The molecule has 0 saturated heterocycles. The fraction of sp³-hybridized carbons (Fsp3) is 0.409. The molecule has 11 heteroatoms. The molecule has 1 aliphatic rings. The van der Waals surface area contributed by atoms with Crippen molar-refractivity contribution in [1.82, 2.24) is 20.4 Å². The third kappa shape index (κ3) is 4.49. The number of carbonyl (C=O) groups excluding carboxylic acids is 2. The largest absolute Gasteiger partial charge is 0.435 e. The molecule has 0 spiro atoms. The number of H-pyrrole nitrogens is 1. The first kappa shape index (κ1) is 24.4. The number of hydrogen-bond acceptors (Lipinski definition) is 3. The Morgan fingerprint density at radius 1 is 1.18 bits per heavy atom. The fourth-order valence-electron chi connectivity index (χ4n) is 3.81. The van der Waals surface area contributed by atoms with E-state index in [1.165, 1.54) is 6.92 Å². The zero-order chi connectivity index (χ0) is 24.9. The number of halogens is 5. The highest BCUT2D eigenvalue weighted by atomic mass is 19.4. The van der Waals surface area contributed by atoms with E-state index in [1.807, 2.05) is 0 Å². The first-order chi connectivity index (χ1) is 15.1. The van der Waals surface area contributed by atoms with Crippen LogP contribution in [0, 0.1) is 11.6 Å². The molecule has 1 aliphatic heterocycles. The quantitative estimate of drug-likeness (QED) is 0.653. The van der Waals surface area contributed by atoms with Gasteiger partial charge in [-0.3, -0.25) is 14.7 Å². The molecule has 0 fully saturated rings. The van der Waals surface area contributed by atoms with E-state index in [-0.39, 0.29) is 29.1 Å². The van der Waals surface area contributed by atoms with Crippen LogP contribution in [0.5, 0.6) is 0 Å². The molecule has 2 heterocycles. The lowest BCUT2D eigenvalue weighted by Crippen LogP contribution is -2.39. The predicted molar refractivity (Wildman–Crippen MR) is 110 cm³/mol. The van der Waals surface area contributed by atoms with Crippen LogP contribution in [-0.2, 0) is 16.4 Å². The molecule has 33 heavy (non-hydrogen) atoms. The zero-order valence-corrected chi connectivity index (χ0v) is 18.6. The first-order valence-electron chi connectivity index (χ1n) is 10.1. The van der Waals surface area contributed by atoms with Gasteiger partial charge in [-0.25, -0.2) is 8.78 Å². The summed E-state index contributed by atoms with van der Waals surface area (Å²) in [6.07, 6.45) is -4.87. The van der Waals surface area contributed by atoms with Gasteiger partial charge in [-0.1, -0.05) is 13.8 Å². The van der Waals surface area contributed by atoms with Gasteiger partial charge in [0.05, 0.1) is 11.3 Å². The summed E-state index contributed by atoms with van der Waals surface area (Å²) in [4.78, 5) is 27.5. The highest BCUT2D eigenvalue weighted by Crippen LogP contribution is 2.43. The Morgan fingerprint density at radius 2 is 1.82 bits per heavy atom. The van der Waals surface area contributed by atoms with Crippen LogP contribution in [0.4, 0.5) is 22.0 Å². The molecule has 0 unspecified atom stereocenters. The van der Waals surface area contributed by atoms with Crippen LogP contribution in [0.2, 0.25) is 0 Å². The summed E-state index contributed by atoms with van der Waals surface area (Å²) in [5.41, 5.74) is -3.45. The molecule has 2 N–H and O–H groups in total. The third-order valence-electron chi connectivity index (χ3n) is 5.34. The second-order valence-corrected chi connectivity index (χ2v) is 8.81. The fourth-order valence-corrected chi connectivity index (χ4v) is 3.81. The summed E-state index contributed by atoms with van der Waals surface area (Å²) in [6.45, 7) is 7.64. The van der Waals surface area contributed by atoms with Crippen molar-refractivity contribution in [3.63, 3.8) is 0 Å². The van der Waals surface area contributed by atoms with Crippen molar-refractivity contribution in [1.29, 1.82) is 0 Å². The summed E-state index contributed by atoms with van der Waals surface area (Å²) in [5, 5.41) is 8.42. The van der Waals surface area contributed by atoms with Gasteiger partial charge in [0.1, 0.15) is 0 Å². The van der Waals surface area contributed by atoms with E-state index in [2.05, 4.69) is 15.5 Å². The minimum absolute atomic E-state index is 0.0312. The third-order valence-corrected chi connectivity index (χ3v) is 5.34. The van der Waals surface area contributed by atoms with Gasteiger partial charge in [0.2, 0.25) is 0 Å². The van der Waals surface area contributed by atoms with Crippen molar-refractivity contribution in [2.75, 3.05) is 6.54 Å². The van der Waals surface area contributed by atoms with Gasteiger partial charge in [0.25, 0.3) is 11.8 Å². The Morgan fingerprint density at radius 3 is 2.36 bits per heavy atom. The number of aromatic amines is 1. The van der Waals surface area contributed by atoms with E-state index < -0.39 is 52.3 Å². The molecule has 2 amide bonds. The number of nitrogens with zero attached hydrogens (tertiary/aromatic N) is 2. The van der Waals surface area contributed by atoms with E-state index in [0.717, 1.165) is 17.0 Å². The molecule has 2 aromatic rings. The van der Waals surface area contributed by atoms with E-state index in [1.54, 1.807) is 27.7 Å². The average molecular weight is 470 g/mol. The molecule has 0 bridgehead atoms. The minimum atomic E-state index is -4.87. The number of benzene rings is 1. The lowest BCUT2D eigenvalue weighted by atomic mass is 9.84. The van der Waals surface area contributed by atoms with Crippen LogP contribution in [-0.4, -0.2) is 39.5 Å². The molecule has 0 aliphatic carbocycles. The van der Waals surface area contributed by atoms with Gasteiger partial charge in [-0.05, 0) is 39.0 Å². The monoisotopic (exact) mass is 470 g/mol. The normalized spacial score (nSPS) is 16.0. The Bertz CT molecular complexity index is 1150. The van der Waals surface area contributed by atoms with Crippen molar-refractivity contribution in [3.05, 3.63) is 58.0 Å². The molecule has 178 valence electrons. The molecule has 0 saturated carbocycles. The van der Waals surface area contributed by atoms with Gasteiger partial charge >= 0.3 is 6.18 Å². The first-order valence-corrected chi connectivity index (χ1v) is 10.1. The lowest BCUT2D eigenvalue weighted by molar-refractivity contribution is -0.141. The SMILES string of the molecule is CC1=C(C(=O)NC(C)C)c2c(C(F)(F)F)n[nH]c2C(C)(C)CN1C(=O)c1ccc(F)c(F)c1. The molecule has 3 rings (SSSR count). The molecular formula is C22H23F5N4O2. The number of allylic oxidation sites excluding steroid dienone is 1. The van der Waals surface area contributed by atoms with E-state index in [9.17, 15) is 31.5 Å². The second kappa shape index (κ2) is 8.27. The number of fused-ring (bicyclic) bond motifs is 1. The number of rotatable bonds is 3. The van der Waals surface area contributed by atoms with Gasteiger partial charge in [-0.15, -0.1) is 0 Å². The topological polar surface area (TPSA) is 78.1 Å². The summed E-state index contributed by atoms with van der Waals surface area (Å²) in [7, 11) is 0. The number of hydrogen-bond donors (Lipinski definition) is 2. The summed E-state index contributed by atoms with van der Waals surface area (Å²) < 4.78 is 68.6. The maximum absolute atomic E-state index is 13.8. The number of aromatic nitrogens is 2. The van der Waals surface area contributed by atoms with Crippen molar-refractivity contribution in [2.24, 2.45) is 0 Å². The highest BCUT2D eigenvalue weighted by Gasteiger charge is 2.46. The zero-order valence-electron chi connectivity index (χ0n) is 18.6. The van der Waals surface area contributed by atoms with Gasteiger partial charge in [0.15, 0.2) is 17.3 Å². The highest BCUT2D eigenvalue weighted by molar-refractivity contribution is 6.22. The number of carbonyl (C=O) groups is 2. The van der Waals surface area contributed by atoms with Crippen molar-refractivity contribution in [2.45, 2.75) is 52.3 Å². The van der Waals surface area contributed by atoms with Crippen LogP contribution in [0.3, 0.4) is 0 Å². The maximum Gasteiger partial charge on any atom is 0.435 e. The van der Waals surface area contributed by atoms with E-state index >= 15 is 0 Å². The lowest BCUT2D eigenvalue weighted by Gasteiger charge is -2.31. The van der Waals surface area contributed by atoms with Crippen molar-refractivity contribution >= 4 is 17.4 Å². The average Bonchev–Trinajstić information content (AvgIpc) is 3.10. The Balaban J connectivity index is 2.29. The Hall–Kier alpha value is -3.24. The minimum Gasteiger partial charge on any atom is -0.350 e. The summed E-state index contributed by atoms with van der Waals surface area (Å²) in [6, 6.07) is 2.15. The summed E-state index contributed by atoms with van der Waals surface area (Å²) in [5.74, 6) is -4.01. The molecule has 6 nitrogen and oxygen atoms in total. The van der Waals surface area contributed by atoms with Gasteiger partial charge in [-0.2, -0.15) is 18.3 Å². The molecule has 1 aromatic carbocycles. The van der Waals surface area contributed by atoms with E-state index in [0.29, 0.717) is 6.07 Å². The van der Waals surface area contributed by atoms with Crippen LogP contribution >= 0.6 is 0 Å². The molecule has 1 aromatic heterocycles. The van der Waals surface area contributed by atoms with Gasteiger partial charge < -0.3 is 10.2 Å². The number of amides is 2. The number of alkyl halides is 3. The molecule has 0 atom stereocenters. The molecular weight excluding hydrogens is 447 g/mol. The van der Waals surface area contributed by atoms with Crippen LogP contribution < -0.4 is 5.32 Å². The Kier molecular flexibility index (Phi) is 6.12. The number of nitrogens with one attached hydrogen (secondary N) is 2. The van der Waals surface area contributed by atoms with Crippen LogP contribution in [0.15, 0.2) is 23.9 Å². The van der Waals surface area contributed by atoms with Gasteiger partial charge in [0, 0.05) is 34.8 Å². The van der Waals surface area contributed by atoms with Crippen molar-refractivity contribution < 1.29 is 31.5 Å². The Labute approximate surface area is 186 Å².